The lowest BCUT2D eigenvalue weighted by Crippen LogP contribution is -2.38. The van der Waals surface area contributed by atoms with Crippen LogP contribution < -0.4 is 4.72 Å². The van der Waals surface area contributed by atoms with Gasteiger partial charge in [-0.1, -0.05) is 0 Å². The lowest BCUT2D eigenvalue weighted by atomic mass is 10.3. The van der Waals surface area contributed by atoms with Crippen molar-refractivity contribution in [2.24, 2.45) is 0 Å². The standard InChI is InChI=1S/C5H10F2N2O2S/c1-8-12(10,11)9-3-2-5(6,7)4-9/h8H,2-4H2,1H3. The zero-order valence-corrected chi connectivity index (χ0v) is 7.37. The highest BCUT2D eigenvalue weighted by molar-refractivity contribution is 7.87. The van der Waals surface area contributed by atoms with E-state index in [-0.39, 0.29) is 6.54 Å². The van der Waals surface area contributed by atoms with Crippen molar-refractivity contribution >= 4 is 10.2 Å². The van der Waals surface area contributed by atoms with Crippen LogP contribution in [0.5, 0.6) is 0 Å². The summed E-state index contributed by atoms with van der Waals surface area (Å²) in [6.07, 6.45) is -0.395. The molecule has 0 amide bonds. The molecule has 4 nitrogen and oxygen atoms in total. The van der Waals surface area contributed by atoms with Gasteiger partial charge in [0.25, 0.3) is 16.1 Å². The highest BCUT2D eigenvalue weighted by Gasteiger charge is 2.42. The Morgan fingerprint density at radius 3 is 2.42 bits per heavy atom. The van der Waals surface area contributed by atoms with E-state index in [0.29, 0.717) is 0 Å². The van der Waals surface area contributed by atoms with Gasteiger partial charge in [-0.3, -0.25) is 0 Å². The molecule has 0 aromatic rings. The van der Waals surface area contributed by atoms with Crippen LogP contribution >= 0.6 is 0 Å². The van der Waals surface area contributed by atoms with E-state index in [1.165, 1.54) is 7.05 Å². The predicted molar refractivity (Wildman–Crippen MR) is 39.1 cm³/mol. The van der Waals surface area contributed by atoms with E-state index < -0.39 is 29.1 Å². The number of rotatable bonds is 2. The van der Waals surface area contributed by atoms with Gasteiger partial charge in [0, 0.05) is 20.0 Å². The van der Waals surface area contributed by atoms with Crippen molar-refractivity contribution in [2.45, 2.75) is 12.3 Å². The number of hydrogen-bond donors (Lipinski definition) is 1. The van der Waals surface area contributed by atoms with Crippen LogP contribution in [0.25, 0.3) is 0 Å². The first-order valence-corrected chi connectivity index (χ1v) is 4.88. The summed E-state index contributed by atoms with van der Waals surface area (Å²) in [6.45, 7) is -0.827. The van der Waals surface area contributed by atoms with Crippen LogP contribution in [-0.4, -0.2) is 38.8 Å². The average Bonchev–Trinajstić information content (AvgIpc) is 2.31. The molecule has 0 unspecified atom stereocenters. The highest BCUT2D eigenvalue weighted by atomic mass is 32.2. The van der Waals surface area contributed by atoms with Crippen LogP contribution in [0.3, 0.4) is 0 Å². The largest absolute Gasteiger partial charge is 0.279 e. The monoisotopic (exact) mass is 200 g/mol. The van der Waals surface area contributed by atoms with Crippen LogP contribution in [0.2, 0.25) is 0 Å². The van der Waals surface area contributed by atoms with Gasteiger partial charge >= 0.3 is 0 Å². The molecule has 0 saturated carbocycles. The van der Waals surface area contributed by atoms with Crippen LogP contribution in [0.15, 0.2) is 0 Å². The summed E-state index contributed by atoms with van der Waals surface area (Å²) in [5.74, 6) is -2.87. The summed E-state index contributed by atoms with van der Waals surface area (Å²) in [6, 6.07) is 0. The molecule has 1 heterocycles. The van der Waals surface area contributed by atoms with E-state index in [0.717, 1.165) is 4.31 Å². The van der Waals surface area contributed by atoms with Crippen molar-refractivity contribution in [2.75, 3.05) is 20.1 Å². The average molecular weight is 200 g/mol. The lowest BCUT2D eigenvalue weighted by molar-refractivity contribution is 0.0183. The second-order valence-electron chi connectivity index (χ2n) is 2.65. The maximum absolute atomic E-state index is 12.5. The first kappa shape index (κ1) is 9.82. The fourth-order valence-electron chi connectivity index (χ4n) is 1.04. The second-order valence-corrected chi connectivity index (χ2v) is 4.52. The molecule has 0 aliphatic carbocycles. The van der Waals surface area contributed by atoms with E-state index in [9.17, 15) is 17.2 Å². The Morgan fingerprint density at radius 1 is 1.50 bits per heavy atom. The van der Waals surface area contributed by atoms with Crippen molar-refractivity contribution in [1.82, 2.24) is 9.03 Å². The van der Waals surface area contributed by atoms with Gasteiger partial charge in [-0.25, -0.2) is 13.5 Å². The molecule has 7 heteroatoms. The second kappa shape index (κ2) is 2.90. The molecule has 12 heavy (non-hydrogen) atoms. The lowest BCUT2D eigenvalue weighted by Gasteiger charge is -2.14. The molecule has 1 N–H and O–H groups in total. The van der Waals surface area contributed by atoms with Gasteiger partial charge < -0.3 is 0 Å². The molecule has 0 bridgehead atoms. The number of halogens is 2. The normalized spacial score (nSPS) is 24.6. The zero-order valence-electron chi connectivity index (χ0n) is 6.55. The minimum absolute atomic E-state index is 0.115. The number of nitrogens with zero attached hydrogens (tertiary/aromatic N) is 1. The Labute approximate surface area is 69.7 Å². The third-order valence-electron chi connectivity index (χ3n) is 1.73. The number of alkyl halides is 2. The number of nitrogens with one attached hydrogen (secondary N) is 1. The van der Waals surface area contributed by atoms with Gasteiger partial charge in [0.2, 0.25) is 0 Å². The zero-order chi connectivity index (χ0) is 9.41. The van der Waals surface area contributed by atoms with E-state index in [4.69, 9.17) is 0 Å². The molecule has 1 saturated heterocycles. The van der Waals surface area contributed by atoms with Crippen LogP contribution in [0, 0.1) is 0 Å². The molecule has 0 aromatic heterocycles. The summed E-state index contributed by atoms with van der Waals surface area (Å²) in [4.78, 5) is 0. The third kappa shape index (κ3) is 1.90. The van der Waals surface area contributed by atoms with Crippen molar-refractivity contribution in [3.8, 4) is 0 Å². The Morgan fingerprint density at radius 2 is 2.08 bits per heavy atom. The fraction of sp³-hybridized carbons (Fsp3) is 1.00. The van der Waals surface area contributed by atoms with Crippen molar-refractivity contribution < 1.29 is 17.2 Å². The smallest absolute Gasteiger partial charge is 0.205 e. The Kier molecular flexibility index (Phi) is 2.37. The van der Waals surface area contributed by atoms with Gasteiger partial charge in [-0.15, -0.1) is 0 Å². The molecule has 0 radical (unpaired) electrons. The molecule has 1 rings (SSSR count). The molecular weight excluding hydrogens is 190 g/mol. The van der Waals surface area contributed by atoms with Crippen LogP contribution in [-0.2, 0) is 10.2 Å². The summed E-state index contributed by atoms with van der Waals surface area (Å²) in [5, 5.41) is 0. The van der Waals surface area contributed by atoms with Crippen LogP contribution in [0.4, 0.5) is 8.78 Å². The molecule has 72 valence electrons. The SMILES string of the molecule is CNS(=O)(=O)N1CCC(F)(F)C1. The molecule has 0 atom stereocenters. The molecule has 1 aliphatic rings. The molecular formula is C5H10F2N2O2S. The maximum atomic E-state index is 12.5. The van der Waals surface area contributed by atoms with Gasteiger partial charge in [-0.05, 0) is 0 Å². The fourth-order valence-corrected chi connectivity index (χ4v) is 1.99. The topological polar surface area (TPSA) is 49.4 Å². The van der Waals surface area contributed by atoms with Gasteiger partial charge in [0.05, 0.1) is 6.54 Å². The van der Waals surface area contributed by atoms with Gasteiger partial charge in [0.1, 0.15) is 0 Å². The highest BCUT2D eigenvalue weighted by Crippen LogP contribution is 2.27. The predicted octanol–water partition coefficient (Wildman–Crippen LogP) is -0.208. The molecule has 0 aromatic carbocycles. The van der Waals surface area contributed by atoms with E-state index in [2.05, 4.69) is 0 Å². The first-order valence-electron chi connectivity index (χ1n) is 3.44. The third-order valence-corrected chi connectivity index (χ3v) is 3.24. The van der Waals surface area contributed by atoms with Crippen molar-refractivity contribution in [3.05, 3.63) is 0 Å². The van der Waals surface area contributed by atoms with E-state index in [1.807, 2.05) is 4.72 Å². The van der Waals surface area contributed by atoms with Gasteiger partial charge in [-0.2, -0.15) is 12.7 Å². The number of hydrogen-bond acceptors (Lipinski definition) is 2. The Balaban J connectivity index is 2.71. The maximum Gasteiger partial charge on any atom is 0.279 e. The van der Waals surface area contributed by atoms with Crippen molar-refractivity contribution in [1.29, 1.82) is 0 Å². The summed E-state index contributed by atoms with van der Waals surface area (Å²) in [7, 11) is -2.47. The molecule has 1 fully saturated rings. The first-order chi connectivity index (χ1) is 5.37. The Hall–Kier alpha value is -0.270. The minimum Gasteiger partial charge on any atom is -0.205 e. The molecule has 1 aliphatic heterocycles. The van der Waals surface area contributed by atoms with Crippen molar-refractivity contribution in [3.63, 3.8) is 0 Å². The van der Waals surface area contributed by atoms with E-state index in [1.54, 1.807) is 0 Å². The van der Waals surface area contributed by atoms with Gasteiger partial charge in [0.15, 0.2) is 0 Å². The quantitative estimate of drug-likeness (QED) is 0.670. The van der Waals surface area contributed by atoms with Crippen LogP contribution in [0.1, 0.15) is 6.42 Å². The summed E-state index contributed by atoms with van der Waals surface area (Å²) in [5.41, 5.74) is 0. The molecule has 0 spiro atoms. The van der Waals surface area contributed by atoms with E-state index >= 15 is 0 Å². The summed E-state index contributed by atoms with van der Waals surface area (Å²) >= 11 is 0. The minimum atomic E-state index is -3.67. The Bertz CT molecular complexity index is 265. The summed E-state index contributed by atoms with van der Waals surface area (Å²) < 4.78 is 49.7.